The van der Waals surface area contributed by atoms with Gasteiger partial charge in [-0.15, -0.1) is 11.3 Å². The third-order valence-corrected chi connectivity index (χ3v) is 12.0. The molecule has 3 heteroatoms. The van der Waals surface area contributed by atoms with E-state index >= 15 is 0 Å². The number of hydrogen-bond donors (Lipinski definition) is 0. The fraction of sp³-hybridized carbons (Fsp3) is 0. The second-order valence-corrected chi connectivity index (χ2v) is 15.2. The first kappa shape index (κ1) is 31.6. The van der Waals surface area contributed by atoms with Crippen LogP contribution in [0, 0.1) is 0 Å². The molecule has 0 radical (unpaired) electrons. The van der Waals surface area contributed by atoms with Crippen LogP contribution >= 0.6 is 11.3 Å². The molecule has 256 valence electrons. The molecule has 0 aliphatic carbocycles. The van der Waals surface area contributed by atoms with Gasteiger partial charge in [-0.2, -0.15) is 0 Å². The number of benzene rings is 9. The van der Waals surface area contributed by atoms with Gasteiger partial charge in [-0.1, -0.05) is 170 Å². The maximum Gasteiger partial charge on any atom is 0.160 e. The Labute approximate surface area is 322 Å². The lowest BCUT2D eigenvalue weighted by molar-refractivity contribution is 1.19. The molecular weight excluding hydrogens is 685 g/mol. The molecule has 11 rings (SSSR count). The summed E-state index contributed by atoms with van der Waals surface area (Å²) in [7, 11) is 0. The minimum atomic E-state index is 0.702. The fourth-order valence-electron chi connectivity index (χ4n) is 8.13. The first-order valence-electron chi connectivity index (χ1n) is 18.6. The van der Waals surface area contributed by atoms with Crippen LogP contribution in [0.15, 0.2) is 194 Å². The van der Waals surface area contributed by atoms with Gasteiger partial charge in [-0.25, -0.2) is 9.97 Å². The molecule has 0 aliphatic rings. The van der Waals surface area contributed by atoms with Gasteiger partial charge < -0.3 is 0 Å². The summed E-state index contributed by atoms with van der Waals surface area (Å²) in [6, 6.07) is 69.8. The molecule has 2 nitrogen and oxygen atoms in total. The minimum Gasteiger partial charge on any atom is -0.228 e. The molecule has 0 saturated carbocycles. The van der Waals surface area contributed by atoms with E-state index in [2.05, 4.69) is 194 Å². The van der Waals surface area contributed by atoms with Gasteiger partial charge in [0.25, 0.3) is 0 Å². The van der Waals surface area contributed by atoms with Crippen LogP contribution in [0.25, 0.3) is 109 Å². The molecule has 0 N–H and O–H groups in total. The van der Waals surface area contributed by atoms with Crippen molar-refractivity contribution in [1.29, 1.82) is 0 Å². The predicted octanol–water partition coefficient (Wildman–Crippen LogP) is 14.6. The van der Waals surface area contributed by atoms with Crippen LogP contribution in [0.5, 0.6) is 0 Å². The average molecular weight is 717 g/mol. The van der Waals surface area contributed by atoms with Crippen molar-refractivity contribution in [3.8, 4) is 56.2 Å². The van der Waals surface area contributed by atoms with Crippen LogP contribution in [0.3, 0.4) is 0 Å². The first-order valence-corrected chi connectivity index (χ1v) is 19.5. The van der Waals surface area contributed by atoms with Crippen molar-refractivity contribution in [2.45, 2.75) is 0 Å². The van der Waals surface area contributed by atoms with E-state index in [1.165, 1.54) is 69.2 Å². The molecule has 11 aromatic rings. The molecular formula is C52H32N2S. The van der Waals surface area contributed by atoms with Crippen molar-refractivity contribution >= 4 is 63.8 Å². The maximum absolute atomic E-state index is 5.38. The topological polar surface area (TPSA) is 25.8 Å². The van der Waals surface area contributed by atoms with Crippen molar-refractivity contribution in [3.05, 3.63) is 194 Å². The molecule has 0 amide bonds. The molecule has 2 aromatic heterocycles. The van der Waals surface area contributed by atoms with Crippen molar-refractivity contribution in [2.24, 2.45) is 0 Å². The Morgan fingerprint density at radius 1 is 0.291 bits per heavy atom. The Balaban J connectivity index is 1.08. The molecule has 9 aromatic carbocycles. The van der Waals surface area contributed by atoms with Crippen molar-refractivity contribution in [3.63, 3.8) is 0 Å². The number of rotatable bonds is 5. The largest absolute Gasteiger partial charge is 0.228 e. The van der Waals surface area contributed by atoms with Crippen molar-refractivity contribution in [2.75, 3.05) is 0 Å². The second-order valence-electron chi connectivity index (χ2n) is 14.1. The summed E-state index contributed by atoms with van der Waals surface area (Å²) in [4.78, 5) is 10.7. The number of fused-ring (bicyclic) bond motifs is 7. The van der Waals surface area contributed by atoms with E-state index in [0.29, 0.717) is 5.82 Å². The van der Waals surface area contributed by atoms with Crippen LogP contribution in [0.2, 0.25) is 0 Å². The minimum absolute atomic E-state index is 0.702. The molecule has 0 bridgehead atoms. The molecule has 0 fully saturated rings. The predicted molar refractivity (Wildman–Crippen MR) is 235 cm³/mol. The van der Waals surface area contributed by atoms with Crippen LogP contribution in [-0.2, 0) is 0 Å². The average Bonchev–Trinajstić information content (AvgIpc) is 3.64. The van der Waals surface area contributed by atoms with Gasteiger partial charge in [0, 0.05) is 36.9 Å². The Hall–Kier alpha value is -6.94. The van der Waals surface area contributed by atoms with Crippen LogP contribution in [0.1, 0.15) is 0 Å². The van der Waals surface area contributed by atoms with E-state index in [1.807, 2.05) is 11.3 Å². The zero-order valence-electron chi connectivity index (χ0n) is 29.8. The standard InChI is InChI=1S/C52H32N2S/c1-2-10-33(11-3-1)34-20-24-38(25-21-34)52-53-47(37-22-18-35(19-23-37)39-27-28-44-43-16-8-9-17-49(43)55-50(44)31-39)32-48(54-52)51-42-15-7-5-13-40(42)30-46-41-14-6-4-12-36(41)26-29-45(46)51/h1-32H. The SMILES string of the molecule is c1ccc(-c2ccc(-c3nc(-c4ccc(-c5ccc6c(c5)sc5ccccc56)cc4)cc(-c4c5ccccc5cc5c4ccc4ccccc45)n3)cc2)cc1. The third kappa shape index (κ3) is 5.48. The zero-order valence-corrected chi connectivity index (χ0v) is 30.6. The van der Waals surface area contributed by atoms with E-state index in [1.54, 1.807) is 0 Å². The molecule has 0 unspecified atom stereocenters. The van der Waals surface area contributed by atoms with E-state index in [4.69, 9.17) is 9.97 Å². The van der Waals surface area contributed by atoms with Gasteiger partial charge in [0.1, 0.15) is 0 Å². The molecule has 0 saturated heterocycles. The smallest absolute Gasteiger partial charge is 0.160 e. The van der Waals surface area contributed by atoms with E-state index < -0.39 is 0 Å². The number of aromatic nitrogens is 2. The summed E-state index contributed by atoms with van der Waals surface area (Å²) in [5, 5.41) is 9.87. The highest BCUT2D eigenvalue weighted by Gasteiger charge is 2.17. The summed E-state index contributed by atoms with van der Waals surface area (Å²) >= 11 is 1.85. The van der Waals surface area contributed by atoms with E-state index in [-0.39, 0.29) is 0 Å². The Morgan fingerprint density at radius 2 is 0.855 bits per heavy atom. The Morgan fingerprint density at radius 3 is 1.67 bits per heavy atom. The van der Waals surface area contributed by atoms with Crippen LogP contribution in [-0.4, -0.2) is 9.97 Å². The molecule has 55 heavy (non-hydrogen) atoms. The summed E-state index contributed by atoms with van der Waals surface area (Å²) < 4.78 is 2.63. The number of nitrogens with zero attached hydrogens (tertiary/aromatic N) is 2. The monoisotopic (exact) mass is 716 g/mol. The first-order chi connectivity index (χ1) is 27.2. The van der Waals surface area contributed by atoms with Gasteiger partial charge in [-0.05, 0) is 78.8 Å². The fourth-order valence-corrected chi connectivity index (χ4v) is 9.28. The Kier molecular flexibility index (Phi) is 7.39. The van der Waals surface area contributed by atoms with E-state index in [9.17, 15) is 0 Å². The lowest BCUT2D eigenvalue weighted by Crippen LogP contribution is -1.97. The highest BCUT2D eigenvalue weighted by atomic mass is 32.1. The third-order valence-electron chi connectivity index (χ3n) is 10.9. The molecule has 0 spiro atoms. The van der Waals surface area contributed by atoms with Crippen LogP contribution < -0.4 is 0 Å². The van der Waals surface area contributed by atoms with Gasteiger partial charge in [0.15, 0.2) is 5.82 Å². The van der Waals surface area contributed by atoms with Crippen molar-refractivity contribution in [1.82, 2.24) is 9.97 Å². The summed E-state index contributed by atoms with van der Waals surface area (Å²) in [6.45, 7) is 0. The quantitative estimate of drug-likeness (QED) is 0.131. The van der Waals surface area contributed by atoms with Gasteiger partial charge in [-0.3, -0.25) is 0 Å². The number of thiophene rings is 1. The lowest BCUT2D eigenvalue weighted by atomic mass is 9.91. The van der Waals surface area contributed by atoms with E-state index in [0.717, 1.165) is 33.6 Å². The van der Waals surface area contributed by atoms with Crippen molar-refractivity contribution < 1.29 is 0 Å². The van der Waals surface area contributed by atoms with Gasteiger partial charge >= 0.3 is 0 Å². The molecule has 0 atom stereocenters. The molecule has 2 heterocycles. The highest BCUT2D eigenvalue weighted by molar-refractivity contribution is 7.25. The highest BCUT2D eigenvalue weighted by Crippen LogP contribution is 2.41. The van der Waals surface area contributed by atoms with Gasteiger partial charge in [0.2, 0.25) is 0 Å². The summed E-state index contributed by atoms with van der Waals surface area (Å²) in [6.07, 6.45) is 0. The zero-order chi connectivity index (χ0) is 36.3. The molecule has 0 aliphatic heterocycles. The van der Waals surface area contributed by atoms with Crippen LogP contribution in [0.4, 0.5) is 0 Å². The summed E-state index contributed by atoms with van der Waals surface area (Å²) in [5.74, 6) is 0.702. The maximum atomic E-state index is 5.38. The normalized spacial score (nSPS) is 11.6. The van der Waals surface area contributed by atoms with Gasteiger partial charge in [0.05, 0.1) is 11.4 Å². The summed E-state index contributed by atoms with van der Waals surface area (Å²) in [5.41, 5.74) is 9.69. The Bertz CT molecular complexity index is 3230. The number of hydrogen-bond acceptors (Lipinski definition) is 3. The lowest BCUT2D eigenvalue weighted by Gasteiger charge is -2.15. The second kappa shape index (κ2) is 12.9.